The van der Waals surface area contributed by atoms with Crippen LogP contribution in [0.4, 0.5) is 0 Å². The van der Waals surface area contributed by atoms with E-state index in [-0.39, 0.29) is 5.60 Å². The maximum Gasteiger partial charge on any atom is 0.146 e. The summed E-state index contributed by atoms with van der Waals surface area (Å²) < 4.78 is 5.56. The first-order chi connectivity index (χ1) is 4.68. The molecule has 0 aromatic heterocycles. The van der Waals surface area contributed by atoms with E-state index in [0.29, 0.717) is 0 Å². The van der Waals surface area contributed by atoms with Crippen LogP contribution in [0, 0.1) is 0 Å². The Hall–Kier alpha value is 0.177. The first-order valence-corrected chi connectivity index (χ1v) is 5.05. The van der Waals surface area contributed by atoms with E-state index in [2.05, 4.69) is 20.8 Å². The zero-order valence-electron chi connectivity index (χ0n) is 7.74. The quantitative estimate of drug-likeness (QED) is 0.556. The molecule has 0 radical (unpaired) electrons. The zero-order valence-corrected chi connectivity index (χ0v) is 9.74. The Morgan fingerprint density at radius 2 is 1.60 bits per heavy atom. The van der Waals surface area contributed by atoms with Gasteiger partial charge in [0.2, 0.25) is 0 Å². The molecule has 0 rings (SSSR count). The minimum Gasteiger partial charge on any atom is -0.423 e. The monoisotopic (exact) mass is 160 g/mol. The van der Waals surface area contributed by atoms with Crippen LogP contribution in [0.15, 0.2) is 0 Å². The second kappa shape index (κ2) is 4.91. The molecule has 2 heteroatoms. The largest absolute Gasteiger partial charge is 0.423 e. The normalized spacial score (nSPS) is 12.3. The molecule has 0 unspecified atom stereocenters. The highest BCUT2D eigenvalue weighted by Crippen LogP contribution is 2.21. The molecule has 0 saturated carbocycles. The Morgan fingerprint density at radius 3 is 1.80 bits per heavy atom. The van der Waals surface area contributed by atoms with Gasteiger partial charge in [0.1, 0.15) is 10.5 Å². The molecule has 0 aliphatic carbocycles. The minimum absolute atomic E-state index is 0.204. The summed E-state index contributed by atoms with van der Waals surface area (Å²) in [6.45, 7) is 6.66. The van der Waals surface area contributed by atoms with Crippen molar-refractivity contribution in [2.75, 3.05) is 0 Å². The standard InChI is InChI=1S/C8H20OSi/c1-4-6-8(3,9-10)7-5-2/h4-7H2,1-3,10H3. The van der Waals surface area contributed by atoms with Crippen LogP contribution < -0.4 is 0 Å². The summed E-state index contributed by atoms with van der Waals surface area (Å²) in [7, 11) is 0.875. The lowest BCUT2D eigenvalue weighted by Crippen LogP contribution is -2.27. The SMILES string of the molecule is CCCC(C)(CCC)O[SiH3]. The van der Waals surface area contributed by atoms with Crippen LogP contribution in [0.3, 0.4) is 0 Å². The van der Waals surface area contributed by atoms with Crippen LogP contribution in [0.1, 0.15) is 46.5 Å². The second-order valence-corrected chi connectivity index (χ2v) is 3.56. The molecule has 0 spiro atoms. The summed E-state index contributed by atoms with van der Waals surface area (Å²) in [4.78, 5) is 0. The van der Waals surface area contributed by atoms with Gasteiger partial charge in [0.05, 0.1) is 5.60 Å². The summed E-state index contributed by atoms with van der Waals surface area (Å²) in [5.74, 6) is 0. The van der Waals surface area contributed by atoms with E-state index in [1.165, 1.54) is 25.7 Å². The summed E-state index contributed by atoms with van der Waals surface area (Å²) in [5, 5.41) is 0. The van der Waals surface area contributed by atoms with Crippen molar-refractivity contribution in [1.82, 2.24) is 0 Å². The van der Waals surface area contributed by atoms with E-state index >= 15 is 0 Å². The van der Waals surface area contributed by atoms with Crippen LogP contribution in [-0.4, -0.2) is 16.1 Å². The fourth-order valence-electron chi connectivity index (χ4n) is 1.39. The Balaban J connectivity index is 3.69. The van der Waals surface area contributed by atoms with Crippen molar-refractivity contribution in [3.8, 4) is 0 Å². The van der Waals surface area contributed by atoms with Gasteiger partial charge in [-0.2, -0.15) is 0 Å². The predicted octanol–water partition coefficient (Wildman–Crippen LogP) is 1.64. The van der Waals surface area contributed by atoms with E-state index in [4.69, 9.17) is 4.43 Å². The van der Waals surface area contributed by atoms with Gasteiger partial charge < -0.3 is 4.43 Å². The number of hydrogen-bond donors (Lipinski definition) is 0. The molecule has 0 N–H and O–H groups in total. The van der Waals surface area contributed by atoms with Gasteiger partial charge in [0, 0.05) is 0 Å². The Bertz CT molecular complexity index is 77.3. The summed E-state index contributed by atoms with van der Waals surface area (Å²) >= 11 is 0. The van der Waals surface area contributed by atoms with Crippen molar-refractivity contribution in [1.29, 1.82) is 0 Å². The molecule has 0 bridgehead atoms. The number of hydrogen-bond acceptors (Lipinski definition) is 1. The average Bonchev–Trinajstić information content (AvgIpc) is 1.89. The third-order valence-corrected chi connectivity index (χ3v) is 3.04. The minimum atomic E-state index is 0.204. The van der Waals surface area contributed by atoms with Crippen LogP contribution in [0.5, 0.6) is 0 Å². The Labute approximate surface area is 67.7 Å². The van der Waals surface area contributed by atoms with E-state index in [1.807, 2.05) is 0 Å². The molecular formula is C8H20OSi. The third-order valence-electron chi connectivity index (χ3n) is 2.05. The molecule has 0 amide bonds. The fraction of sp³-hybridized carbons (Fsp3) is 1.00. The summed E-state index contributed by atoms with van der Waals surface area (Å²) in [6, 6.07) is 0. The van der Waals surface area contributed by atoms with Gasteiger partial charge in [-0.15, -0.1) is 0 Å². The van der Waals surface area contributed by atoms with Gasteiger partial charge in [-0.05, 0) is 19.8 Å². The lowest BCUT2D eigenvalue weighted by Gasteiger charge is -2.27. The molecule has 0 fully saturated rings. The van der Waals surface area contributed by atoms with Crippen molar-refractivity contribution in [3.63, 3.8) is 0 Å². The van der Waals surface area contributed by atoms with Crippen molar-refractivity contribution < 1.29 is 4.43 Å². The molecular weight excluding hydrogens is 140 g/mol. The van der Waals surface area contributed by atoms with Gasteiger partial charge in [-0.1, -0.05) is 26.7 Å². The molecule has 0 atom stereocenters. The molecule has 0 aliphatic rings. The maximum atomic E-state index is 5.56. The topological polar surface area (TPSA) is 9.23 Å². The van der Waals surface area contributed by atoms with E-state index in [0.717, 1.165) is 10.5 Å². The van der Waals surface area contributed by atoms with Gasteiger partial charge >= 0.3 is 0 Å². The highest BCUT2D eigenvalue weighted by molar-refractivity contribution is 5.98. The molecule has 0 aromatic rings. The van der Waals surface area contributed by atoms with Gasteiger partial charge in [0.15, 0.2) is 0 Å². The molecule has 0 saturated heterocycles. The molecule has 0 aromatic carbocycles. The van der Waals surface area contributed by atoms with Crippen molar-refractivity contribution in [3.05, 3.63) is 0 Å². The molecule has 62 valence electrons. The van der Waals surface area contributed by atoms with Gasteiger partial charge in [0.25, 0.3) is 0 Å². The highest BCUT2D eigenvalue weighted by atomic mass is 28.2. The molecule has 1 nitrogen and oxygen atoms in total. The Morgan fingerprint density at radius 1 is 1.20 bits per heavy atom. The third kappa shape index (κ3) is 3.37. The second-order valence-electron chi connectivity index (χ2n) is 3.15. The molecule has 0 heterocycles. The van der Waals surface area contributed by atoms with E-state index in [9.17, 15) is 0 Å². The van der Waals surface area contributed by atoms with Gasteiger partial charge in [-0.3, -0.25) is 0 Å². The molecule has 10 heavy (non-hydrogen) atoms. The maximum absolute atomic E-state index is 5.56. The number of rotatable bonds is 5. The molecule has 0 aliphatic heterocycles. The Kier molecular flexibility index (Phi) is 5.00. The lowest BCUT2D eigenvalue weighted by atomic mass is 9.95. The average molecular weight is 160 g/mol. The first-order valence-electron chi connectivity index (χ1n) is 4.23. The van der Waals surface area contributed by atoms with Gasteiger partial charge in [-0.25, -0.2) is 0 Å². The zero-order chi connectivity index (χ0) is 8.04. The van der Waals surface area contributed by atoms with Crippen LogP contribution >= 0.6 is 0 Å². The van der Waals surface area contributed by atoms with E-state index in [1.54, 1.807) is 0 Å². The van der Waals surface area contributed by atoms with Crippen LogP contribution in [-0.2, 0) is 4.43 Å². The smallest absolute Gasteiger partial charge is 0.146 e. The predicted molar refractivity (Wildman–Crippen MR) is 49.2 cm³/mol. The van der Waals surface area contributed by atoms with Crippen LogP contribution in [0.2, 0.25) is 0 Å². The van der Waals surface area contributed by atoms with E-state index < -0.39 is 0 Å². The van der Waals surface area contributed by atoms with Crippen molar-refractivity contribution in [2.45, 2.75) is 52.1 Å². The van der Waals surface area contributed by atoms with Crippen molar-refractivity contribution in [2.24, 2.45) is 0 Å². The summed E-state index contributed by atoms with van der Waals surface area (Å²) in [5.41, 5.74) is 0.204. The fourth-order valence-corrected chi connectivity index (χ4v) is 1.80. The first kappa shape index (κ1) is 10.2. The van der Waals surface area contributed by atoms with Crippen LogP contribution in [0.25, 0.3) is 0 Å². The lowest BCUT2D eigenvalue weighted by molar-refractivity contribution is 0.0792. The summed E-state index contributed by atoms with van der Waals surface area (Å²) in [6.07, 6.45) is 4.89. The highest BCUT2D eigenvalue weighted by Gasteiger charge is 2.19. The van der Waals surface area contributed by atoms with Crippen molar-refractivity contribution >= 4 is 10.5 Å².